The van der Waals surface area contributed by atoms with E-state index in [-0.39, 0.29) is 0 Å². The van der Waals surface area contributed by atoms with Gasteiger partial charge in [-0.2, -0.15) is 0 Å². The second kappa shape index (κ2) is 7.92. The molecule has 0 unspecified atom stereocenters. The minimum Gasteiger partial charge on any atom is -0.303 e. The molecule has 1 aliphatic heterocycles. The fraction of sp³-hybridized carbons (Fsp3) is 0.882. The number of hydrogen-bond acceptors (Lipinski definition) is 3. The number of likely N-dealkylation sites (tertiary alicyclic amines) is 1. The molecule has 2 fully saturated rings. The van der Waals surface area contributed by atoms with Crippen LogP contribution in [0.1, 0.15) is 63.5 Å². The lowest BCUT2D eigenvalue weighted by Gasteiger charge is -2.26. The minimum absolute atomic E-state index is 0.859. The van der Waals surface area contributed by atoms with E-state index in [1.165, 1.54) is 83.1 Å². The molecule has 2 heterocycles. The first-order chi connectivity index (χ1) is 10.4. The molecule has 0 atom stereocenters. The highest BCUT2D eigenvalue weighted by Crippen LogP contribution is 2.26. The summed E-state index contributed by atoms with van der Waals surface area (Å²) in [7, 11) is 0. The zero-order valence-electron chi connectivity index (χ0n) is 13.3. The topological polar surface area (TPSA) is 34.0 Å². The van der Waals surface area contributed by atoms with E-state index < -0.39 is 0 Å². The van der Waals surface area contributed by atoms with E-state index in [1.54, 1.807) is 0 Å². The van der Waals surface area contributed by atoms with Gasteiger partial charge in [0.05, 0.1) is 5.69 Å². The Kier molecular flexibility index (Phi) is 5.67. The monoisotopic (exact) mass is 290 g/mol. The number of rotatable bonds is 6. The average Bonchev–Trinajstić information content (AvgIpc) is 2.97. The summed E-state index contributed by atoms with van der Waals surface area (Å²) in [5, 5.41) is 8.69. The molecule has 0 aromatic carbocycles. The molecule has 1 aromatic rings. The summed E-state index contributed by atoms with van der Waals surface area (Å²) in [4.78, 5) is 2.60. The van der Waals surface area contributed by atoms with E-state index in [9.17, 15) is 0 Å². The van der Waals surface area contributed by atoms with Crippen LogP contribution in [-0.2, 0) is 13.0 Å². The Morgan fingerprint density at radius 1 is 0.952 bits per heavy atom. The van der Waals surface area contributed by atoms with Crippen LogP contribution in [0, 0.1) is 5.92 Å². The van der Waals surface area contributed by atoms with Gasteiger partial charge in [-0.05, 0) is 51.2 Å². The fourth-order valence-corrected chi connectivity index (χ4v) is 3.87. The zero-order valence-corrected chi connectivity index (χ0v) is 13.3. The van der Waals surface area contributed by atoms with Crippen molar-refractivity contribution in [3.63, 3.8) is 0 Å². The third-order valence-corrected chi connectivity index (χ3v) is 5.12. The van der Waals surface area contributed by atoms with Gasteiger partial charge in [0.25, 0.3) is 0 Å². The molecule has 1 saturated heterocycles. The molecule has 0 bridgehead atoms. The van der Waals surface area contributed by atoms with Gasteiger partial charge in [-0.1, -0.05) is 43.7 Å². The molecular formula is C17H30N4. The predicted molar refractivity (Wildman–Crippen MR) is 85.2 cm³/mol. The average molecular weight is 290 g/mol. The zero-order chi connectivity index (χ0) is 14.3. The maximum Gasteiger partial charge on any atom is 0.0829 e. The molecule has 118 valence electrons. The van der Waals surface area contributed by atoms with Crippen molar-refractivity contribution in [2.75, 3.05) is 19.6 Å². The van der Waals surface area contributed by atoms with Gasteiger partial charge < -0.3 is 4.90 Å². The largest absolute Gasteiger partial charge is 0.303 e. The Morgan fingerprint density at radius 3 is 2.52 bits per heavy atom. The summed E-state index contributed by atoms with van der Waals surface area (Å²) >= 11 is 0. The molecule has 4 heteroatoms. The van der Waals surface area contributed by atoms with Gasteiger partial charge in [0.1, 0.15) is 0 Å². The first-order valence-corrected chi connectivity index (χ1v) is 9.01. The molecule has 0 N–H and O–H groups in total. The first kappa shape index (κ1) is 15.0. The van der Waals surface area contributed by atoms with Crippen molar-refractivity contribution in [3.05, 3.63) is 11.9 Å². The van der Waals surface area contributed by atoms with Crippen molar-refractivity contribution >= 4 is 0 Å². The van der Waals surface area contributed by atoms with Gasteiger partial charge in [0, 0.05) is 12.7 Å². The van der Waals surface area contributed by atoms with E-state index in [2.05, 4.69) is 26.1 Å². The third-order valence-electron chi connectivity index (χ3n) is 5.12. The predicted octanol–water partition coefficient (Wildman–Crippen LogP) is 3.28. The van der Waals surface area contributed by atoms with Crippen LogP contribution in [0.3, 0.4) is 0 Å². The van der Waals surface area contributed by atoms with Crippen LogP contribution in [0.4, 0.5) is 0 Å². The SMILES string of the molecule is c1c(CC2CCCCC2)nnn1CCCN1CCCCC1. The van der Waals surface area contributed by atoms with Crippen LogP contribution in [0.15, 0.2) is 6.20 Å². The molecular weight excluding hydrogens is 260 g/mol. The van der Waals surface area contributed by atoms with Crippen LogP contribution in [-0.4, -0.2) is 39.5 Å². The van der Waals surface area contributed by atoms with E-state index in [0.29, 0.717) is 0 Å². The molecule has 0 amide bonds. The molecule has 0 radical (unpaired) electrons. The third kappa shape index (κ3) is 4.80. The quantitative estimate of drug-likeness (QED) is 0.806. The lowest BCUT2D eigenvalue weighted by Crippen LogP contribution is -2.31. The number of aromatic nitrogens is 3. The maximum absolute atomic E-state index is 4.38. The van der Waals surface area contributed by atoms with Crippen LogP contribution < -0.4 is 0 Å². The number of nitrogens with zero attached hydrogens (tertiary/aromatic N) is 4. The van der Waals surface area contributed by atoms with Crippen molar-refractivity contribution in [1.29, 1.82) is 0 Å². The van der Waals surface area contributed by atoms with Gasteiger partial charge in [-0.15, -0.1) is 5.10 Å². The summed E-state index contributed by atoms with van der Waals surface area (Å²) in [6, 6.07) is 0. The summed E-state index contributed by atoms with van der Waals surface area (Å²) in [6.07, 6.45) is 15.8. The van der Waals surface area contributed by atoms with Crippen LogP contribution in [0.2, 0.25) is 0 Å². The van der Waals surface area contributed by atoms with E-state index in [4.69, 9.17) is 0 Å². The van der Waals surface area contributed by atoms with Gasteiger partial charge in [0.15, 0.2) is 0 Å². The highest BCUT2D eigenvalue weighted by molar-refractivity contribution is 4.94. The van der Waals surface area contributed by atoms with Crippen molar-refractivity contribution < 1.29 is 0 Å². The Bertz CT molecular complexity index is 403. The van der Waals surface area contributed by atoms with E-state index in [0.717, 1.165) is 18.9 Å². The molecule has 0 spiro atoms. The van der Waals surface area contributed by atoms with Crippen LogP contribution in [0.5, 0.6) is 0 Å². The van der Waals surface area contributed by atoms with Gasteiger partial charge in [-0.3, -0.25) is 4.68 Å². The van der Waals surface area contributed by atoms with Gasteiger partial charge in [0.2, 0.25) is 0 Å². The Morgan fingerprint density at radius 2 is 1.71 bits per heavy atom. The minimum atomic E-state index is 0.859. The molecule has 4 nitrogen and oxygen atoms in total. The van der Waals surface area contributed by atoms with Crippen molar-refractivity contribution in [2.24, 2.45) is 5.92 Å². The van der Waals surface area contributed by atoms with Gasteiger partial charge >= 0.3 is 0 Å². The van der Waals surface area contributed by atoms with Crippen molar-refractivity contribution in [2.45, 2.75) is 70.8 Å². The standard InChI is InChI=1S/C17H30N4/c1-3-8-16(9-4-1)14-17-15-21(19-18-17)13-7-12-20-10-5-2-6-11-20/h15-16H,1-14H2. The lowest BCUT2D eigenvalue weighted by molar-refractivity contribution is 0.221. The smallest absolute Gasteiger partial charge is 0.0829 e. The second-order valence-electron chi connectivity index (χ2n) is 6.94. The number of hydrogen-bond donors (Lipinski definition) is 0. The Labute approximate surface area is 128 Å². The molecule has 2 aliphatic rings. The Balaban J connectivity index is 1.37. The summed E-state index contributed by atoms with van der Waals surface area (Å²) in [6.45, 7) is 4.83. The van der Waals surface area contributed by atoms with Gasteiger partial charge in [-0.25, -0.2) is 0 Å². The number of piperidine rings is 1. The summed E-state index contributed by atoms with van der Waals surface area (Å²) < 4.78 is 2.06. The first-order valence-electron chi connectivity index (χ1n) is 9.01. The summed E-state index contributed by atoms with van der Waals surface area (Å²) in [5.74, 6) is 0.859. The molecule has 21 heavy (non-hydrogen) atoms. The van der Waals surface area contributed by atoms with Crippen LogP contribution in [0.25, 0.3) is 0 Å². The highest BCUT2D eigenvalue weighted by Gasteiger charge is 2.15. The highest BCUT2D eigenvalue weighted by atomic mass is 15.4. The second-order valence-corrected chi connectivity index (χ2v) is 6.94. The molecule has 1 aromatic heterocycles. The molecule has 3 rings (SSSR count). The normalized spacial score (nSPS) is 21.7. The van der Waals surface area contributed by atoms with Crippen LogP contribution >= 0.6 is 0 Å². The van der Waals surface area contributed by atoms with Crippen molar-refractivity contribution in [1.82, 2.24) is 19.9 Å². The molecule has 1 aliphatic carbocycles. The summed E-state index contributed by atoms with van der Waals surface area (Å²) in [5.41, 5.74) is 1.21. The fourth-order valence-electron chi connectivity index (χ4n) is 3.87. The number of aryl methyl sites for hydroxylation is 1. The van der Waals surface area contributed by atoms with Crippen molar-refractivity contribution in [3.8, 4) is 0 Å². The molecule has 1 saturated carbocycles. The van der Waals surface area contributed by atoms with E-state index in [1.807, 2.05) is 0 Å². The van der Waals surface area contributed by atoms with E-state index >= 15 is 0 Å². The maximum atomic E-state index is 4.38. The lowest BCUT2D eigenvalue weighted by atomic mass is 9.86. The Hall–Kier alpha value is -0.900.